The van der Waals surface area contributed by atoms with Gasteiger partial charge in [0, 0.05) is 29.6 Å². The molecule has 0 spiro atoms. The first-order chi connectivity index (χ1) is 11.4. The highest BCUT2D eigenvalue weighted by Gasteiger charge is 2.15. The van der Waals surface area contributed by atoms with Crippen molar-refractivity contribution in [3.63, 3.8) is 0 Å². The predicted octanol–water partition coefficient (Wildman–Crippen LogP) is 4.27. The van der Waals surface area contributed by atoms with Gasteiger partial charge in [-0.25, -0.2) is 4.31 Å². The van der Waals surface area contributed by atoms with E-state index in [0.29, 0.717) is 6.61 Å². The van der Waals surface area contributed by atoms with E-state index in [9.17, 15) is 0 Å². The Balaban J connectivity index is 1.63. The molecule has 0 fully saturated rings. The summed E-state index contributed by atoms with van der Waals surface area (Å²) in [6.45, 7) is 3.29. The molecule has 0 bridgehead atoms. The predicted molar refractivity (Wildman–Crippen MR) is 94.1 cm³/mol. The van der Waals surface area contributed by atoms with Crippen LogP contribution < -0.4 is 0 Å². The van der Waals surface area contributed by atoms with E-state index in [1.54, 1.807) is 11.9 Å². The molecule has 0 atom stereocenters. The van der Waals surface area contributed by atoms with E-state index in [0.717, 1.165) is 25.2 Å². The van der Waals surface area contributed by atoms with Crippen LogP contribution in [0.4, 0.5) is 0 Å². The SMILES string of the molecule is c1ccc2c(c1)COCCN(Sc1cccc3cccnc13)C2. The first kappa shape index (κ1) is 14.7. The normalized spacial score (nSPS) is 15.8. The van der Waals surface area contributed by atoms with Gasteiger partial charge < -0.3 is 4.74 Å². The zero-order valence-electron chi connectivity index (χ0n) is 12.8. The van der Waals surface area contributed by atoms with E-state index in [-0.39, 0.29) is 0 Å². The van der Waals surface area contributed by atoms with E-state index >= 15 is 0 Å². The monoisotopic (exact) mass is 322 g/mol. The van der Waals surface area contributed by atoms with Crippen LogP contribution in [-0.2, 0) is 17.9 Å². The summed E-state index contributed by atoms with van der Waals surface area (Å²) in [7, 11) is 0. The van der Waals surface area contributed by atoms with Gasteiger partial charge in [-0.05, 0) is 35.2 Å². The first-order valence-electron chi connectivity index (χ1n) is 7.81. The molecule has 1 aromatic heterocycles. The number of nitrogens with zero attached hydrogens (tertiary/aromatic N) is 2. The Hall–Kier alpha value is -1.88. The van der Waals surface area contributed by atoms with Crippen LogP contribution in [0.5, 0.6) is 0 Å². The lowest BCUT2D eigenvalue weighted by atomic mass is 10.1. The third-order valence-corrected chi connectivity index (χ3v) is 5.13. The molecule has 23 heavy (non-hydrogen) atoms. The molecule has 1 aliphatic rings. The average Bonchev–Trinajstić information content (AvgIpc) is 2.58. The summed E-state index contributed by atoms with van der Waals surface area (Å²) in [5.74, 6) is 0. The molecule has 0 radical (unpaired) electrons. The maximum absolute atomic E-state index is 5.79. The second kappa shape index (κ2) is 6.71. The van der Waals surface area contributed by atoms with Crippen LogP contribution in [0.1, 0.15) is 11.1 Å². The molecule has 0 saturated heterocycles. The molecule has 4 heteroatoms. The minimum Gasteiger partial charge on any atom is -0.375 e. The topological polar surface area (TPSA) is 25.4 Å². The summed E-state index contributed by atoms with van der Waals surface area (Å²) < 4.78 is 8.15. The number of pyridine rings is 1. The van der Waals surface area contributed by atoms with Gasteiger partial charge in [0.05, 0.1) is 18.7 Å². The number of fused-ring (bicyclic) bond motifs is 2. The van der Waals surface area contributed by atoms with E-state index in [1.165, 1.54) is 21.4 Å². The molecule has 1 aliphatic heterocycles. The van der Waals surface area contributed by atoms with Crippen molar-refractivity contribution in [2.75, 3.05) is 13.2 Å². The number of ether oxygens (including phenoxy) is 1. The zero-order chi connectivity index (χ0) is 15.5. The van der Waals surface area contributed by atoms with Crippen LogP contribution in [0, 0.1) is 0 Å². The standard InChI is InChI=1S/C19H18N2OS/c1-2-6-17-14-22-12-11-21(13-16(17)5-1)23-18-9-3-7-15-8-4-10-20-19(15)18/h1-10H,11-14H2. The van der Waals surface area contributed by atoms with Crippen molar-refractivity contribution < 1.29 is 4.74 Å². The minimum absolute atomic E-state index is 0.713. The lowest BCUT2D eigenvalue weighted by Crippen LogP contribution is -2.24. The lowest BCUT2D eigenvalue weighted by molar-refractivity contribution is 0.104. The van der Waals surface area contributed by atoms with E-state index in [4.69, 9.17) is 4.74 Å². The number of para-hydroxylation sites is 1. The van der Waals surface area contributed by atoms with Crippen LogP contribution in [0.2, 0.25) is 0 Å². The Labute approximate surface area is 140 Å². The van der Waals surface area contributed by atoms with Gasteiger partial charge in [-0.3, -0.25) is 4.98 Å². The van der Waals surface area contributed by atoms with Gasteiger partial charge in [0.2, 0.25) is 0 Å². The van der Waals surface area contributed by atoms with Gasteiger partial charge in [0.15, 0.2) is 0 Å². The van der Waals surface area contributed by atoms with Crippen LogP contribution in [0.15, 0.2) is 65.7 Å². The third kappa shape index (κ3) is 3.24. The molecular formula is C19H18N2OS. The molecular weight excluding hydrogens is 304 g/mol. The van der Waals surface area contributed by atoms with Gasteiger partial charge in [0.1, 0.15) is 0 Å². The van der Waals surface area contributed by atoms with Crippen LogP contribution in [-0.4, -0.2) is 22.4 Å². The van der Waals surface area contributed by atoms with Crippen molar-refractivity contribution in [2.45, 2.75) is 18.0 Å². The van der Waals surface area contributed by atoms with Crippen LogP contribution >= 0.6 is 11.9 Å². The number of aromatic nitrogens is 1. The summed E-state index contributed by atoms with van der Waals surface area (Å²) in [5.41, 5.74) is 3.69. The summed E-state index contributed by atoms with van der Waals surface area (Å²) in [5, 5.41) is 1.18. The maximum Gasteiger partial charge on any atom is 0.0850 e. The van der Waals surface area contributed by atoms with Crippen molar-refractivity contribution in [3.05, 3.63) is 71.9 Å². The summed E-state index contributed by atoms with van der Waals surface area (Å²) in [4.78, 5) is 5.75. The summed E-state index contributed by atoms with van der Waals surface area (Å²) >= 11 is 1.77. The van der Waals surface area contributed by atoms with Crippen molar-refractivity contribution >= 4 is 22.9 Å². The van der Waals surface area contributed by atoms with Crippen molar-refractivity contribution in [1.82, 2.24) is 9.29 Å². The molecule has 2 heterocycles. The lowest BCUT2D eigenvalue weighted by Gasteiger charge is -2.25. The van der Waals surface area contributed by atoms with Crippen molar-refractivity contribution in [1.29, 1.82) is 0 Å². The molecule has 4 rings (SSSR count). The summed E-state index contributed by atoms with van der Waals surface area (Å²) in [6.07, 6.45) is 1.86. The Bertz CT molecular complexity index is 816. The Morgan fingerprint density at radius 2 is 1.83 bits per heavy atom. The second-order valence-electron chi connectivity index (χ2n) is 5.61. The first-order valence-corrected chi connectivity index (χ1v) is 8.59. The summed E-state index contributed by atoms with van der Waals surface area (Å²) in [6, 6.07) is 19.0. The Kier molecular flexibility index (Phi) is 4.28. The fourth-order valence-corrected chi connectivity index (χ4v) is 3.88. The molecule has 116 valence electrons. The van der Waals surface area contributed by atoms with Gasteiger partial charge >= 0.3 is 0 Å². The Morgan fingerprint density at radius 3 is 2.78 bits per heavy atom. The van der Waals surface area contributed by atoms with E-state index in [2.05, 4.69) is 57.8 Å². The van der Waals surface area contributed by atoms with Crippen LogP contribution in [0.25, 0.3) is 10.9 Å². The molecule has 2 aromatic carbocycles. The molecule has 0 amide bonds. The number of hydrogen-bond acceptors (Lipinski definition) is 4. The molecule has 3 aromatic rings. The largest absolute Gasteiger partial charge is 0.375 e. The number of hydrogen-bond donors (Lipinski definition) is 0. The quantitative estimate of drug-likeness (QED) is 0.658. The molecule has 0 saturated carbocycles. The van der Waals surface area contributed by atoms with Gasteiger partial charge in [-0.15, -0.1) is 0 Å². The Morgan fingerprint density at radius 1 is 0.957 bits per heavy atom. The minimum atomic E-state index is 0.713. The highest BCUT2D eigenvalue weighted by atomic mass is 32.2. The fraction of sp³-hybridized carbons (Fsp3) is 0.211. The number of rotatable bonds is 2. The third-order valence-electron chi connectivity index (χ3n) is 4.03. The van der Waals surface area contributed by atoms with Gasteiger partial charge in [-0.2, -0.15) is 0 Å². The van der Waals surface area contributed by atoms with Crippen LogP contribution in [0.3, 0.4) is 0 Å². The van der Waals surface area contributed by atoms with Crippen molar-refractivity contribution in [2.24, 2.45) is 0 Å². The molecule has 0 N–H and O–H groups in total. The number of benzene rings is 2. The highest BCUT2D eigenvalue weighted by Crippen LogP contribution is 2.31. The van der Waals surface area contributed by atoms with Gasteiger partial charge in [0.25, 0.3) is 0 Å². The van der Waals surface area contributed by atoms with E-state index in [1.807, 2.05) is 12.3 Å². The molecule has 0 unspecified atom stereocenters. The average molecular weight is 322 g/mol. The molecule has 3 nitrogen and oxygen atoms in total. The molecule has 0 aliphatic carbocycles. The fourth-order valence-electron chi connectivity index (χ4n) is 2.84. The van der Waals surface area contributed by atoms with Gasteiger partial charge in [-0.1, -0.05) is 42.5 Å². The van der Waals surface area contributed by atoms with E-state index < -0.39 is 0 Å². The second-order valence-corrected chi connectivity index (χ2v) is 6.75. The smallest absolute Gasteiger partial charge is 0.0850 e. The zero-order valence-corrected chi connectivity index (χ0v) is 13.6. The highest BCUT2D eigenvalue weighted by molar-refractivity contribution is 7.97. The maximum atomic E-state index is 5.79. The van der Waals surface area contributed by atoms with Crippen molar-refractivity contribution in [3.8, 4) is 0 Å².